The van der Waals surface area contributed by atoms with Crippen molar-refractivity contribution in [3.63, 3.8) is 0 Å². The van der Waals surface area contributed by atoms with Crippen LogP contribution in [0.1, 0.15) is 20.8 Å². The topological polar surface area (TPSA) is 12.0 Å². The van der Waals surface area contributed by atoms with Gasteiger partial charge >= 0.3 is 0 Å². The van der Waals surface area contributed by atoms with Crippen LogP contribution in [0.25, 0.3) is 0 Å². The van der Waals surface area contributed by atoms with Crippen molar-refractivity contribution >= 4 is 5.69 Å². The molecule has 1 aliphatic rings. The van der Waals surface area contributed by atoms with Gasteiger partial charge in [-0.25, -0.2) is 0 Å². The summed E-state index contributed by atoms with van der Waals surface area (Å²) in [6.07, 6.45) is 4.21. The first kappa shape index (κ1) is 10.8. The first-order valence-corrected chi connectivity index (χ1v) is 5.57. The number of allylic oxidation sites excluding steroid dienone is 2. The average Bonchev–Trinajstić information content (AvgIpc) is 2.67. The number of para-hydroxylation sites is 1. The second-order valence-electron chi connectivity index (χ2n) is 5.03. The lowest BCUT2D eigenvalue weighted by molar-refractivity contribution is 0.519. The van der Waals surface area contributed by atoms with E-state index in [1.54, 1.807) is 0 Å². The summed E-state index contributed by atoms with van der Waals surface area (Å²) >= 11 is 0. The van der Waals surface area contributed by atoms with Crippen molar-refractivity contribution in [2.45, 2.75) is 20.8 Å². The van der Waals surface area contributed by atoms with Gasteiger partial charge in [0, 0.05) is 11.3 Å². The minimum absolute atomic E-state index is 0.163. The molecule has 0 saturated carbocycles. The molecule has 0 fully saturated rings. The maximum atomic E-state index is 3.39. The monoisotopic (exact) mass is 211 g/mol. The van der Waals surface area contributed by atoms with Gasteiger partial charge in [-0.15, -0.1) is 0 Å². The van der Waals surface area contributed by atoms with E-state index in [-0.39, 0.29) is 5.41 Å². The highest BCUT2D eigenvalue weighted by Gasteiger charge is 2.16. The average molecular weight is 211 g/mol. The summed E-state index contributed by atoms with van der Waals surface area (Å²) in [6, 6.07) is 10.2. The number of rotatable bonds is 2. The molecule has 0 bridgehead atoms. The smallest absolute Gasteiger partial charge is 0.0821 e. The summed E-state index contributed by atoms with van der Waals surface area (Å²) in [5, 5.41) is 3.34. The van der Waals surface area contributed by atoms with E-state index >= 15 is 0 Å². The third-order valence-electron chi connectivity index (χ3n) is 2.55. The van der Waals surface area contributed by atoms with Gasteiger partial charge in [-0.05, 0) is 29.7 Å². The molecule has 82 valence electrons. The normalized spacial score (nSPS) is 14.7. The van der Waals surface area contributed by atoms with Crippen molar-refractivity contribution in [1.29, 1.82) is 0 Å². The third kappa shape index (κ3) is 2.44. The Morgan fingerprint density at radius 1 is 1.00 bits per heavy atom. The molecule has 0 atom stereocenters. The van der Waals surface area contributed by atoms with Crippen LogP contribution in [0, 0.1) is 5.41 Å². The summed E-state index contributed by atoms with van der Waals surface area (Å²) < 4.78 is 0. The van der Waals surface area contributed by atoms with Crippen LogP contribution in [-0.2, 0) is 0 Å². The lowest BCUT2D eigenvalue weighted by atomic mass is 9.88. The first-order valence-electron chi connectivity index (χ1n) is 5.57. The van der Waals surface area contributed by atoms with Crippen LogP contribution in [0.2, 0.25) is 0 Å². The lowest BCUT2D eigenvalue weighted by Crippen LogP contribution is -2.05. The van der Waals surface area contributed by atoms with E-state index in [0.29, 0.717) is 0 Å². The van der Waals surface area contributed by atoms with E-state index in [2.05, 4.69) is 56.1 Å². The molecule has 0 aromatic heterocycles. The van der Waals surface area contributed by atoms with Crippen molar-refractivity contribution < 1.29 is 0 Å². The fourth-order valence-electron chi connectivity index (χ4n) is 1.58. The molecule has 1 aromatic rings. The van der Waals surface area contributed by atoms with E-state index in [1.165, 1.54) is 5.57 Å². The van der Waals surface area contributed by atoms with E-state index in [4.69, 9.17) is 0 Å². The zero-order valence-electron chi connectivity index (χ0n) is 10.0. The molecule has 1 nitrogen and oxygen atoms in total. The quantitative estimate of drug-likeness (QED) is 0.725. The molecule has 0 saturated heterocycles. The van der Waals surface area contributed by atoms with Gasteiger partial charge in [0.15, 0.2) is 0 Å². The lowest BCUT2D eigenvalue weighted by Gasteiger charge is -2.16. The van der Waals surface area contributed by atoms with E-state index < -0.39 is 0 Å². The predicted molar refractivity (Wildman–Crippen MR) is 69.2 cm³/mol. The van der Waals surface area contributed by atoms with Crippen molar-refractivity contribution in [3.8, 4) is 0 Å². The minimum Gasteiger partial charge on any atom is -0.349 e. The Morgan fingerprint density at radius 2 is 1.69 bits per heavy atom. The van der Waals surface area contributed by atoms with Crippen LogP contribution in [0.15, 0.2) is 59.5 Å². The maximum Gasteiger partial charge on any atom is 0.0821 e. The highest BCUT2D eigenvalue weighted by atomic mass is 14.9. The highest BCUT2D eigenvalue weighted by molar-refractivity contribution is 5.53. The van der Waals surface area contributed by atoms with Crippen LogP contribution in [0.3, 0.4) is 0 Å². The Balaban J connectivity index is 2.20. The van der Waals surface area contributed by atoms with Gasteiger partial charge in [0.25, 0.3) is 0 Å². The van der Waals surface area contributed by atoms with Gasteiger partial charge in [-0.3, -0.25) is 0 Å². The number of benzene rings is 1. The summed E-state index contributed by atoms with van der Waals surface area (Å²) in [7, 11) is 0. The summed E-state index contributed by atoms with van der Waals surface area (Å²) in [5.41, 5.74) is 6.94. The Labute approximate surface area is 97.2 Å². The Morgan fingerprint density at radius 3 is 2.25 bits per heavy atom. The second kappa shape index (κ2) is 4.03. The number of hydrogen-bond acceptors (Lipinski definition) is 1. The van der Waals surface area contributed by atoms with Crippen LogP contribution in [0.5, 0.6) is 0 Å². The van der Waals surface area contributed by atoms with Crippen LogP contribution in [0.4, 0.5) is 5.69 Å². The molecular weight excluding hydrogens is 194 g/mol. The van der Waals surface area contributed by atoms with Gasteiger partial charge < -0.3 is 5.32 Å². The van der Waals surface area contributed by atoms with Gasteiger partial charge in [-0.1, -0.05) is 44.7 Å². The Bertz CT molecular complexity index is 466. The number of anilines is 1. The fraction of sp³-hybridized carbons (Fsp3) is 0.267. The highest BCUT2D eigenvalue weighted by Crippen LogP contribution is 2.29. The molecule has 1 N–H and O–H groups in total. The molecule has 1 aromatic carbocycles. The maximum absolute atomic E-state index is 3.39. The SMILES string of the molecule is CC(C)(C)C1=C=C(Nc2ccccc2)C=C1. The van der Waals surface area contributed by atoms with Crippen molar-refractivity contribution in [2.75, 3.05) is 5.32 Å². The molecule has 0 amide bonds. The summed E-state index contributed by atoms with van der Waals surface area (Å²) in [5.74, 6) is 0. The standard InChI is InChI=1S/C15H17N/c1-15(2,3)12-9-10-14(11-12)16-13-7-5-4-6-8-13/h4-10,16H,1-3H3. The van der Waals surface area contributed by atoms with Gasteiger partial charge in [-0.2, -0.15) is 0 Å². The molecule has 2 rings (SSSR count). The van der Waals surface area contributed by atoms with Gasteiger partial charge in [0.05, 0.1) is 5.70 Å². The van der Waals surface area contributed by atoms with Crippen molar-refractivity contribution in [1.82, 2.24) is 0 Å². The van der Waals surface area contributed by atoms with E-state index in [1.807, 2.05) is 18.2 Å². The number of hydrogen-bond donors (Lipinski definition) is 1. The zero-order chi connectivity index (χ0) is 11.6. The molecule has 1 aliphatic carbocycles. The molecule has 0 aliphatic heterocycles. The van der Waals surface area contributed by atoms with Crippen LogP contribution in [-0.4, -0.2) is 0 Å². The first-order chi connectivity index (χ1) is 7.55. The van der Waals surface area contributed by atoms with Gasteiger partial charge in [0.2, 0.25) is 0 Å². The predicted octanol–water partition coefficient (Wildman–Crippen LogP) is 4.12. The Kier molecular flexibility index (Phi) is 2.72. The molecule has 0 unspecified atom stereocenters. The molecule has 0 spiro atoms. The van der Waals surface area contributed by atoms with Crippen molar-refractivity contribution in [3.05, 3.63) is 59.5 Å². The third-order valence-corrected chi connectivity index (χ3v) is 2.55. The largest absolute Gasteiger partial charge is 0.349 e. The van der Waals surface area contributed by atoms with Crippen LogP contribution >= 0.6 is 0 Å². The summed E-state index contributed by atoms with van der Waals surface area (Å²) in [4.78, 5) is 0. The molecule has 1 heteroatoms. The van der Waals surface area contributed by atoms with Gasteiger partial charge in [0.1, 0.15) is 0 Å². The second-order valence-corrected chi connectivity index (χ2v) is 5.03. The minimum atomic E-state index is 0.163. The molecule has 0 heterocycles. The van der Waals surface area contributed by atoms with Crippen molar-refractivity contribution in [2.24, 2.45) is 5.41 Å². The van der Waals surface area contributed by atoms with E-state index in [0.717, 1.165) is 11.4 Å². The molecular formula is C15H17N. The fourth-order valence-corrected chi connectivity index (χ4v) is 1.58. The molecule has 16 heavy (non-hydrogen) atoms. The number of nitrogens with one attached hydrogen (secondary N) is 1. The molecule has 0 radical (unpaired) electrons. The summed E-state index contributed by atoms with van der Waals surface area (Å²) in [6.45, 7) is 6.60. The zero-order valence-corrected chi connectivity index (χ0v) is 10.0. The van der Waals surface area contributed by atoms with E-state index in [9.17, 15) is 0 Å². The van der Waals surface area contributed by atoms with Crippen LogP contribution < -0.4 is 5.32 Å². The Hall–Kier alpha value is -1.72.